The standard InChI is InChI=1S/C25H31N3O6S2/c1-5-33-21-7-6-8-22-23(21)28(13-14-32-4)25(35-22)26-24(29)19-9-11-20(12-10-19)36(30,31)27-15-17(2)34-18(3)16-27/h6-12,17-18H,5,13-16H2,1-4H3/t17-,18+. The van der Waals surface area contributed by atoms with Gasteiger partial charge in [0.05, 0.1) is 35.0 Å². The van der Waals surface area contributed by atoms with E-state index in [9.17, 15) is 13.2 Å². The highest BCUT2D eigenvalue weighted by Gasteiger charge is 2.32. The van der Waals surface area contributed by atoms with E-state index in [4.69, 9.17) is 14.2 Å². The molecule has 1 aliphatic heterocycles. The van der Waals surface area contributed by atoms with E-state index in [0.29, 0.717) is 43.2 Å². The lowest BCUT2D eigenvalue weighted by Crippen LogP contribution is -2.48. The van der Waals surface area contributed by atoms with Crippen molar-refractivity contribution in [3.8, 4) is 5.75 Å². The Morgan fingerprint density at radius 3 is 2.47 bits per heavy atom. The first-order valence-electron chi connectivity index (χ1n) is 11.8. The largest absolute Gasteiger partial charge is 0.492 e. The van der Waals surface area contributed by atoms with Gasteiger partial charge in [-0.25, -0.2) is 8.42 Å². The van der Waals surface area contributed by atoms with E-state index >= 15 is 0 Å². The monoisotopic (exact) mass is 533 g/mol. The van der Waals surface area contributed by atoms with Crippen LogP contribution in [0.15, 0.2) is 52.4 Å². The van der Waals surface area contributed by atoms with E-state index in [1.807, 2.05) is 43.5 Å². The van der Waals surface area contributed by atoms with Crippen LogP contribution in [0.3, 0.4) is 0 Å². The lowest BCUT2D eigenvalue weighted by Gasteiger charge is -2.34. The number of thiazole rings is 1. The Morgan fingerprint density at radius 2 is 1.83 bits per heavy atom. The van der Waals surface area contributed by atoms with Crippen LogP contribution >= 0.6 is 11.3 Å². The van der Waals surface area contributed by atoms with Crippen molar-refractivity contribution in [1.82, 2.24) is 8.87 Å². The van der Waals surface area contributed by atoms with Gasteiger partial charge in [-0.1, -0.05) is 17.4 Å². The van der Waals surface area contributed by atoms with Crippen molar-refractivity contribution in [1.29, 1.82) is 0 Å². The average Bonchev–Trinajstić information content (AvgIpc) is 3.20. The fourth-order valence-electron chi connectivity index (χ4n) is 4.24. The van der Waals surface area contributed by atoms with Crippen LogP contribution in [0.2, 0.25) is 0 Å². The third kappa shape index (κ3) is 5.55. The number of amides is 1. The summed E-state index contributed by atoms with van der Waals surface area (Å²) in [5, 5.41) is 0. The number of rotatable bonds is 8. The predicted molar refractivity (Wildman–Crippen MR) is 138 cm³/mol. The van der Waals surface area contributed by atoms with Gasteiger partial charge in [0.1, 0.15) is 11.3 Å². The zero-order valence-corrected chi connectivity index (χ0v) is 22.5. The molecule has 0 bridgehead atoms. The molecule has 2 aromatic carbocycles. The van der Waals surface area contributed by atoms with E-state index in [-0.39, 0.29) is 17.1 Å². The minimum Gasteiger partial charge on any atom is -0.492 e. The van der Waals surface area contributed by atoms with Crippen molar-refractivity contribution in [2.75, 3.05) is 33.4 Å². The molecule has 0 spiro atoms. The summed E-state index contributed by atoms with van der Waals surface area (Å²) in [4.78, 5) is 18.1. The zero-order chi connectivity index (χ0) is 25.9. The van der Waals surface area contributed by atoms with E-state index in [0.717, 1.165) is 16.0 Å². The van der Waals surface area contributed by atoms with Crippen LogP contribution in [0.25, 0.3) is 10.2 Å². The molecule has 36 heavy (non-hydrogen) atoms. The molecule has 0 radical (unpaired) electrons. The van der Waals surface area contributed by atoms with Crippen molar-refractivity contribution < 1.29 is 27.4 Å². The zero-order valence-electron chi connectivity index (χ0n) is 20.8. The summed E-state index contributed by atoms with van der Waals surface area (Å²) < 4.78 is 47.2. The Labute approximate surface area is 215 Å². The number of morpholine rings is 1. The normalized spacial score (nSPS) is 19.6. The Bertz CT molecular complexity index is 1390. The summed E-state index contributed by atoms with van der Waals surface area (Å²) in [5.74, 6) is 0.265. The number of para-hydroxylation sites is 1. The van der Waals surface area contributed by atoms with Gasteiger partial charge in [-0.3, -0.25) is 4.79 Å². The van der Waals surface area contributed by atoms with Gasteiger partial charge in [0, 0.05) is 32.3 Å². The third-order valence-corrected chi connectivity index (χ3v) is 8.69. The van der Waals surface area contributed by atoms with Crippen molar-refractivity contribution in [3.05, 3.63) is 52.8 Å². The molecule has 2 heterocycles. The number of benzene rings is 2. The molecule has 9 nitrogen and oxygen atoms in total. The molecular formula is C25H31N3O6S2. The molecule has 1 aliphatic rings. The summed E-state index contributed by atoms with van der Waals surface area (Å²) in [6.45, 7) is 7.67. The number of ether oxygens (including phenoxy) is 3. The molecular weight excluding hydrogens is 502 g/mol. The molecule has 1 fully saturated rings. The van der Waals surface area contributed by atoms with E-state index in [1.165, 1.54) is 39.9 Å². The van der Waals surface area contributed by atoms with Crippen molar-refractivity contribution in [2.45, 2.75) is 44.4 Å². The van der Waals surface area contributed by atoms with E-state index in [1.54, 1.807) is 7.11 Å². The molecule has 2 atom stereocenters. The molecule has 1 saturated heterocycles. The first-order valence-corrected chi connectivity index (χ1v) is 14.1. The van der Waals surface area contributed by atoms with Gasteiger partial charge in [-0.2, -0.15) is 9.30 Å². The third-order valence-electron chi connectivity index (χ3n) is 5.81. The Kier molecular flexibility index (Phi) is 8.26. The minimum atomic E-state index is -3.69. The number of hydrogen-bond acceptors (Lipinski definition) is 7. The molecule has 3 aromatic rings. The first kappa shape index (κ1) is 26.5. The number of fused-ring (bicyclic) bond motifs is 1. The van der Waals surface area contributed by atoms with Crippen LogP contribution in [-0.2, 0) is 26.0 Å². The van der Waals surface area contributed by atoms with Crippen molar-refractivity contribution in [3.63, 3.8) is 0 Å². The summed E-state index contributed by atoms with van der Waals surface area (Å²) in [6, 6.07) is 11.7. The van der Waals surface area contributed by atoms with Crippen molar-refractivity contribution >= 4 is 37.5 Å². The number of sulfonamides is 1. The maximum Gasteiger partial charge on any atom is 0.279 e. The van der Waals surface area contributed by atoms with Crippen LogP contribution in [0.4, 0.5) is 0 Å². The minimum absolute atomic E-state index is 0.138. The summed E-state index contributed by atoms with van der Waals surface area (Å²) in [5.41, 5.74) is 1.17. The molecule has 1 amide bonds. The number of aromatic nitrogens is 1. The quantitative estimate of drug-likeness (QED) is 0.441. The fourth-order valence-corrected chi connectivity index (χ4v) is 6.90. The van der Waals surface area contributed by atoms with Gasteiger partial charge < -0.3 is 18.8 Å². The van der Waals surface area contributed by atoms with Gasteiger partial charge in [0.25, 0.3) is 5.91 Å². The van der Waals surface area contributed by atoms with Crippen molar-refractivity contribution in [2.24, 2.45) is 4.99 Å². The molecule has 0 unspecified atom stereocenters. The Hall–Kier alpha value is -2.57. The van der Waals surface area contributed by atoms with Gasteiger partial charge in [-0.05, 0) is 57.2 Å². The van der Waals surface area contributed by atoms with Crippen LogP contribution < -0.4 is 9.54 Å². The molecule has 0 N–H and O–H groups in total. The smallest absolute Gasteiger partial charge is 0.279 e. The molecule has 11 heteroatoms. The molecule has 0 saturated carbocycles. The number of hydrogen-bond donors (Lipinski definition) is 0. The molecule has 194 valence electrons. The maximum absolute atomic E-state index is 13.1. The topological polar surface area (TPSA) is 99.4 Å². The maximum atomic E-state index is 13.1. The molecule has 4 rings (SSSR count). The SMILES string of the molecule is CCOc1cccc2sc(=NC(=O)c3ccc(S(=O)(=O)N4C[C@@H](C)O[C@@H](C)C4)cc3)n(CCOC)c12. The fraction of sp³-hybridized carbons (Fsp3) is 0.440. The second kappa shape index (κ2) is 11.2. The van der Waals surface area contributed by atoms with Gasteiger partial charge in [0.2, 0.25) is 10.0 Å². The predicted octanol–water partition coefficient (Wildman–Crippen LogP) is 3.29. The second-order valence-corrected chi connectivity index (χ2v) is 11.5. The lowest BCUT2D eigenvalue weighted by molar-refractivity contribution is -0.0440. The van der Waals surface area contributed by atoms with Gasteiger partial charge in [-0.15, -0.1) is 0 Å². The number of carbonyl (C=O) groups excluding carboxylic acids is 1. The number of methoxy groups -OCH3 is 1. The molecule has 1 aromatic heterocycles. The average molecular weight is 534 g/mol. The number of carbonyl (C=O) groups is 1. The van der Waals surface area contributed by atoms with E-state index < -0.39 is 15.9 Å². The summed E-state index contributed by atoms with van der Waals surface area (Å²) in [6.07, 6.45) is -0.366. The van der Waals surface area contributed by atoms with Crippen LogP contribution in [0.5, 0.6) is 5.75 Å². The van der Waals surface area contributed by atoms with Gasteiger partial charge >= 0.3 is 0 Å². The van der Waals surface area contributed by atoms with Crippen LogP contribution in [0, 0.1) is 0 Å². The molecule has 0 aliphatic carbocycles. The Balaban J connectivity index is 1.65. The number of nitrogens with zero attached hydrogens (tertiary/aromatic N) is 3. The Morgan fingerprint density at radius 1 is 1.14 bits per heavy atom. The highest BCUT2D eigenvalue weighted by Crippen LogP contribution is 2.28. The lowest BCUT2D eigenvalue weighted by atomic mass is 10.2. The second-order valence-electron chi connectivity index (χ2n) is 8.59. The summed E-state index contributed by atoms with van der Waals surface area (Å²) >= 11 is 1.39. The first-order chi connectivity index (χ1) is 17.2. The van der Waals surface area contributed by atoms with Gasteiger partial charge in [0.15, 0.2) is 4.80 Å². The highest BCUT2D eigenvalue weighted by atomic mass is 32.2. The van der Waals surface area contributed by atoms with Crippen LogP contribution in [0.1, 0.15) is 31.1 Å². The highest BCUT2D eigenvalue weighted by molar-refractivity contribution is 7.89. The summed E-state index contributed by atoms with van der Waals surface area (Å²) in [7, 11) is -2.07. The van der Waals surface area contributed by atoms with E-state index in [2.05, 4.69) is 4.99 Å². The van der Waals surface area contributed by atoms with Crippen LogP contribution in [-0.4, -0.2) is 68.8 Å².